The van der Waals surface area contributed by atoms with Gasteiger partial charge < -0.3 is 10.8 Å². The number of hydrogen-bond donors (Lipinski definition) is 2. The first-order chi connectivity index (χ1) is 6.44. The highest BCUT2D eigenvalue weighted by Gasteiger charge is 2.17. The number of hydrogen-bond acceptors (Lipinski definition) is 3. The summed E-state index contributed by atoms with van der Waals surface area (Å²) in [6.07, 6.45) is 0. The second-order valence-corrected chi connectivity index (χ2v) is 5.82. The van der Waals surface area contributed by atoms with Crippen molar-refractivity contribution in [2.24, 2.45) is 0 Å². The van der Waals surface area contributed by atoms with Crippen molar-refractivity contribution in [2.75, 3.05) is 12.3 Å². The van der Waals surface area contributed by atoms with Crippen molar-refractivity contribution in [2.45, 2.75) is 30.4 Å². The van der Waals surface area contributed by atoms with Crippen molar-refractivity contribution in [3.63, 3.8) is 0 Å². The largest absolute Gasteiger partial charge is 0.398 e. The standard InChI is InChI=1S/C11H17NOS/c1-8-4-5-9(6-10(8)12)14-11(2,3)7-13/h4-6,13H,7,12H2,1-3H3. The van der Waals surface area contributed by atoms with Gasteiger partial charge in [-0.05, 0) is 38.5 Å². The highest BCUT2D eigenvalue weighted by molar-refractivity contribution is 8.00. The van der Waals surface area contributed by atoms with Crippen LogP contribution in [0.1, 0.15) is 19.4 Å². The Labute approximate surface area is 89.5 Å². The third kappa shape index (κ3) is 2.93. The predicted molar refractivity (Wildman–Crippen MR) is 62.6 cm³/mol. The summed E-state index contributed by atoms with van der Waals surface area (Å²) in [4.78, 5) is 1.10. The van der Waals surface area contributed by atoms with E-state index in [-0.39, 0.29) is 11.4 Å². The molecule has 0 aliphatic carbocycles. The molecular weight excluding hydrogens is 194 g/mol. The monoisotopic (exact) mass is 211 g/mol. The highest BCUT2D eigenvalue weighted by atomic mass is 32.2. The molecule has 1 aromatic rings. The average Bonchev–Trinajstić information content (AvgIpc) is 2.11. The van der Waals surface area contributed by atoms with Gasteiger partial charge in [-0.3, -0.25) is 0 Å². The van der Waals surface area contributed by atoms with Gasteiger partial charge in [-0.25, -0.2) is 0 Å². The molecule has 0 heterocycles. The van der Waals surface area contributed by atoms with Crippen LogP contribution in [0.5, 0.6) is 0 Å². The van der Waals surface area contributed by atoms with Crippen LogP contribution in [0.15, 0.2) is 23.1 Å². The van der Waals surface area contributed by atoms with Crippen LogP contribution in [0, 0.1) is 6.92 Å². The van der Waals surface area contributed by atoms with Gasteiger partial charge in [-0.2, -0.15) is 0 Å². The van der Waals surface area contributed by atoms with Gasteiger partial charge in [0.2, 0.25) is 0 Å². The van der Waals surface area contributed by atoms with Crippen molar-refractivity contribution < 1.29 is 5.11 Å². The Bertz CT molecular complexity index is 323. The minimum atomic E-state index is -0.151. The summed E-state index contributed by atoms with van der Waals surface area (Å²) < 4.78 is -0.151. The van der Waals surface area contributed by atoms with Crippen LogP contribution in [-0.2, 0) is 0 Å². The second-order valence-electron chi connectivity index (χ2n) is 4.04. The van der Waals surface area contributed by atoms with Gasteiger partial charge in [-0.1, -0.05) is 6.07 Å². The Morgan fingerprint density at radius 3 is 2.57 bits per heavy atom. The number of nitrogen functional groups attached to an aromatic ring is 1. The summed E-state index contributed by atoms with van der Waals surface area (Å²) in [7, 11) is 0. The third-order valence-electron chi connectivity index (χ3n) is 2.03. The normalized spacial score (nSPS) is 11.7. The number of anilines is 1. The summed E-state index contributed by atoms with van der Waals surface area (Å²) in [5, 5.41) is 9.13. The molecule has 0 aromatic heterocycles. The van der Waals surface area contributed by atoms with Crippen LogP contribution in [0.3, 0.4) is 0 Å². The van der Waals surface area contributed by atoms with Gasteiger partial charge >= 0.3 is 0 Å². The van der Waals surface area contributed by atoms with E-state index < -0.39 is 0 Å². The summed E-state index contributed by atoms with van der Waals surface area (Å²) in [6.45, 7) is 6.16. The number of rotatable bonds is 3. The maximum Gasteiger partial charge on any atom is 0.0576 e. The van der Waals surface area contributed by atoms with Gasteiger partial charge in [-0.15, -0.1) is 11.8 Å². The summed E-state index contributed by atoms with van der Waals surface area (Å²) in [6, 6.07) is 6.00. The topological polar surface area (TPSA) is 46.2 Å². The van der Waals surface area contributed by atoms with Crippen molar-refractivity contribution in [1.29, 1.82) is 0 Å². The lowest BCUT2D eigenvalue weighted by molar-refractivity contribution is 0.265. The van der Waals surface area contributed by atoms with Gasteiger partial charge in [0, 0.05) is 15.3 Å². The van der Waals surface area contributed by atoms with Gasteiger partial charge in [0.15, 0.2) is 0 Å². The van der Waals surface area contributed by atoms with Crippen LogP contribution < -0.4 is 5.73 Å². The molecule has 78 valence electrons. The number of thioether (sulfide) groups is 1. The number of benzene rings is 1. The first-order valence-electron chi connectivity index (χ1n) is 4.60. The highest BCUT2D eigenvalue weighted by Crippen LogP contribution is 2.33. The lowest BCUT2D eigenvalue weighted by Crippen LogP contribution is -2.19. The smallest absolute Gasteiger partial charge is 0.0576 e. The Hall–Kier alpha value is -0.670. The average molecular weight is 211 g/mol. The van der Waals surface area contributed by atoms with E-state index in [0.717, 1.165) is 16.1 Å². The lowest BCUT2D eigenvalue weighted by atomic mass is 10.2. The first-order valence-corrected chi connectivity index (χ1v) is 5.42. The minimum absolute atomic E-state index is 0.151. The van der Waals surface area contributed by atoms with Crippen molar-refractivity contribution in [3.05, 3.63) is 23.8 Å². The molecule has 0 saturated heterocycles. The Kier molecular flexibility index (Phi) is 3.45. The van der Waals surface area contributed by atoms with E-state index in [1.807, 2.05) is 39.0 Å². The molecule has 3 heteroatoms. The van der Waals surface area contributed by atoms with Crippen molar-refractivity contribution in [3.8, 4) is 0 Å². The minimum Gasteiger partial charge on any atom is -0.398 e. The van der Waals surface area contributed by atoms with E-state index in [1.165, 1.54) is 0 Å². The molecule has 0 saturated carbocycles. The Morgan fingerprint density at radius 1 is 1.43 bits per heavy atom. The molecular formula is C11H17NOS. The summed E-state index contributed by atoms with van der Waals surface area (Å²) >= 11 is 1.64. The molecule has 0 bridgehead atoms. The maximum absolute atomic E-state index is 9.13. The molecule has 0 amide bonds. The van der Waals surface area contributed by atoms with Gasteiger partial charge in [0.1, 0.15) is 0 Å². The zero-order valence-corrected chi connectivity index (χ0v) is 9.69. The molecule has 0 aliphatic rings. The van der Waals surface area contributed by atoms with Crippen LogP contribution in [-0.4, -0.2) is 16.5 Å². The Morgan fingerprint density at radius 2 is 2.07 bits per heavy atom. The SMILES string of the molecule is Cc1ccc(SC(C)(C)CO)cc1N. The van der Waals surface area contributed by atoms with Gasteiger partial charge in [0.25, 0.3) is 0 Å². The molecule has 0 fully saturated rings. The quantitative estimate of drug-likeness (QED) is 0.596. The van der Waals surface area contributed by atoms with Crippen LogP contribution >= 0.6 is 11.8 Å². The number of aliphatic hydroxyl groups excluding tert-OH is 1. The molecule has 0 unspecified atom stereocenters. The number of aryl methyl sites for hydroxylation is 1. The summed E-state index contributed by atoms with van der Waals surface area (Å²) in [5.41, 5.74) is 7.71. The molecule has 1 rings (SSSR count). The van der Waals surface area contributed by atoms with E-state index >= 15 is 0 Å². The zero-order chi connectivity index (χ0) is 10.8. The van der Waals surface area contributed by atoms with Crippen LogP contribution in [0.2, 0.25) is 0 Å². The molecule has 2 nitrogen and oxygen atoms in total. The van der Waals surface area contributed by atoms with E-state index in [0.29, 0.717) is 0 Å². The molecule has 0 aliphatic heterocycles. The number of nitrogens with two attached hydrogens (primary N) is 1. The maximum atomic E-state index is 9.13. The fraction of sp³-hybridized carbons (Fsp3) is 0.455. The number of aliphatic hydroxyl groups is 1. The molecule has 0 spiro atoms. The van der Waals surface area contributed by atoms with E-state index in [2.05, 4.69) is 0 Å². The first kappa shape index (κ1) is 11.4. The second kappa shape index (κ2) is 4.24. The molecule has 0 radical (unpaired) electrons. The van der Waals surface area contributed by atoms with Crippen molar-refractivity contribution >= 4 is 17.4 Å². The summed E-state index contributed by atoms with van der Waals surface area (Å²) in [5.74, 6) is 0. The fourth-order valence-corrected chi connectivity index (χ4v) is 2.06. The van der Waals surface area contributed by atoms with Crippen molar-refractivity contribution in [1.82, 2.24) is 0 Å². The molecule has 14 heavy (non-hydrogen) atoms. The molecule has 3 N–H and O–H groups in total. The predicted octanol–water partition coefficient (Wildman–Crippen LogP) is 2.44. The fourth-order valence-electron chi connectivity index (χ4n) is 1.03. The van der Waals surface area contributed by atoms with Crippen LogP contribution in [0.4, 0.5) is 5.69 Å². The Balaban J connectivity index is 2.83. The van der Waals surface area contributed by atoms with Gasteiger partial charge in [0.05, 0.1) is 6.61 Å². The molecule has 0 atom stereocenters. The lowest BCUT2D eigenvalue weighted by Gasteiger charge is -2.21. The zero-order valence-electron chi connectivity index (χ0n) is 8.87. The third-order valence-corrected chi connectivity index (χ3v) is 3.20. The van der Waals surface area contributed by atoms with E-state index in [4.69, 9.17) is 10.8 Å². The van der Waals surface area contributed by atoms with E-state index in [9.17, 15) is 0 Å². The van der Waals surface area contributed by atoms with Crippen LogP contribution in [0.25, 0.3) is 0 Å². The van der Waals surface area contributed by atoms with E-state index in [1.54, 1.807) is 11.8 Å². The molecule has 1 aromatic carbocycles.